The van der Waals surface area contributed by atoms with E-state index in [2.05, 4.69) is 36.4 Å². The maximum atomic E-state index is 6.25. The number of methoxy groups -OCH3 is 1. The van der Waals surface area contributed by atoms with Gasteiger partial charge in [0.2, 0.25) is 0 Å². The summed E-state index contributed by atoms with van der Waals surface area (Å²) < 4.78 is 8.09. The van der Waals surface area contributed by atoms with Crippen LogP contribution < -0.4 is 5.73 Å². The Morgan fingerprint density at radius 1 is 1.19 bits per heavy atom. The summed E-state index contributed by atoms with van der Waals surface area (Å²) in [7, 11) is 1.76. The average molecular weight is 364 g/mol. The Morgan fingerprint density at radius 3 is 2.58 bits per heavy atom. The molecule has 3 aromatic rings. The van der Waals surface area contributed by atoms with Gasteiger partial charge in [-0.1, -0.05) is 51.8 Å². The van der Waals surface area contributed by atoms with Crippen molar-refractivity contribution in [1.82, 2.24) is 14.5 Å². The molecule has 1 aromatic carbocycles. The Labute approximate surface area is 177 Å². The molecule has 0 aliphatic carbocycles. The topological polar surface area (TPSA) is 66.0 Å². The van der Waals surface area contributed by atoms with Crippen molar-refractivity contribution in [3.05, 3.63) is 30.1 Å². The predicted octanol–water partition coefficient (Wildman–Crippen LogP) is 4.05. The Hall–Kier alpha value is -1.14. The van der Waals surface area contributed by atoms with Crippen LogP contribution in [0.3, 0.4) is 0 Å². The second kappa shape index (κ2) is 9.18. The molecule has 0 radical (unpaired) electrons. The first-order valence-electron chi connectivity index (χ1n) is 9.13. The van der Waals surface area contributed by atoms with Crippen molar-refractivity contribution in [1.29, 1.82) is 0 Å². The van der Waals surface area contributed by atoms with Crippen molar-refractivity contribution in [3.8, 4) is 0 Å². The number of anilines is 1. The van der Waals surface area contributed by atoms with Gasteiger partial charge in [0.25, 0.3) is 0 Å². The van der Waals surface area contributed by atoms with Crippen LogP contribution in [-0.2, 0) is 11.3 Å². The monoisotopic (exact) mass is 364 g/mol. The number of hydrogen-bond donors (Lipinski definition) is 1. The fraction of sp³-hybridized carbons (Fsp3) is 0.500. The number of pyridine rings is 1. The molecule has 0 spiro atoms. The normalized spacial score (nSPS) is 12.7. The number of imidazole rings is 1. The van der Waals surface area contributed by atoms with Crippen LogP contribution in [0.4, 0.5) is 5.82 Å². The molecule has 2 aromatic heterocycles. The van der Waals surface area contributed by atoms with Crippen molar-refractivity contribution in [3.63, 3.8) is 0 Å². The van der Waals surface area contributed by atoms with E-state index in [9.17, 15) is 0 Å². The third kappa shape index (κ3) is 4.06. The molecular formula is C20H29N4NaO. The second-order valence-electron chi connectivity index (χ2n) is 7.05. The van der Waals surface area contributed by atoms with Crippen molar-refractivity contribution in [2.24, 2.45) is 5.92 Å². The van der Waals surface area contributed by atoms with Crippen LogP contribution in [0.5, 0.6) is 0 Å². The molecule has 136 valence electrons. The number of rotatable bonds is 7. The number of para-hydroxylation sites is 1. The Morgan fingerprint density at radius 2 is 1.92 bits per heavy atom. The summed E-state index contributed by atoms with van der Waals surface area (Å²) in [6.45, 7) is 7.51. The van der Waals surface area contributed by atoms with Crippen molar-refractivity contribution in [2.45, 2.75) is 52.7 Å². The summed E-state index contributed by atoms with van der Waals surface area (Å²) in [5.41, 5.74) is 9.02. The van der Waals surface area contributed by atoms with Crippen molar-refractivity contribution < 1.29 is 4.74 Å². The summed E-state index contributed by atoms with van der Waals surface area (Å²) in [6, 6.07) is 8.13. The minimum absolute atomic E-state index is 0. The molecule has 0 amide bonds. The third-order valence-electron chi connectivity index (χ3n) is 4.58. The van der Waals surface area contributed by atoms with Gasteiger partial charge >= 0.3 is 29.6 Å². The zero-order chi connectivity index (χ0) is 18.0. The number of nitrogen functional groups attached to an aromatic ring is 1. The van der Waals surface area contributed by atoms with Gasteiger partial charge in [0.05, 0.1) is 11.0 Å². The number of ether oxygens (including phenoxy) is 1. The van der Waals surface area contributed by atoms with E-state index in [4.69, 9.17) is 15.5 Å². The average Bonchev–Trinajstić information content (AvgIpc) is 2.95. The molecule has 6 heteroatoms. The first kappa shape index (κ1) is 21.2. The first-order valence-corrected chi connectivity index (χ1v) is 9.13. The first-order chi connectivity index (χ1) is 12.1. The maximum absolute atomic E-state index is 6.25. The molecular weight excluding hydrogens is 335 g/mol. The fourth-order valence-corrected chi connectivity index (χ4v) is 3.41. The molecule has 1 unspecified atom stereocenters. The molecule has 1 atom stereocenters. The van der Waals surface area contributed by atoms with Gasteiger partial charge in [-0.25, -0.2) is 9.97 Å². The quantitative estimate of drug-likeness (QED) is 0.642. The van der Waals surface area contributed by atoms with Crippen LogP contribution in [0, 0.1) is 5.92 Å². The Balaban J connectivity index is 0.00000243. The zero-order valence-electron chi connectivity index (χ0n) is 15.6. The van der Waals surface area contributed by atoms with Gasteiger partial charge in [0.15, 0.2) is 5.82 Å². The van der Waals surface area contributed by atoms with Crippen LogP contribution >= 0.6 is 0 Å². The van der Waals surface area contributed by atoms with Crippen LogP contribution in [0.25, 0.3) is 21.9 Å². The molecule has 0 fully saturated rings. The number of unbranched alkanes of at least 4 members (excludes halogenated alkanes) is 1. The van der Waals surface area contributed by atoms with Gasteiger partial charge < -0.3 is 15.0 Å². The van der Waals surface area contributed by atoms with E-state index >= 15 is 0 Å². The number of fused-ring (bicyclic) bond motifs is 3. The molecule has 0 bridgehead atoms. The number of benzene rings is 1. The molecule has 0 aliphatic heterocycles. The van der Waals surface area contributed by atoms with E-state index in [0.717, 1.165) is 53.6 Å². The zero-order valence-corrected chi connectivity index (χ0v) is 15.6. The SMILES string of the molecule is CCCCC(OC)c1nc2c(N)nc3ccccc3c2n1CC(C)C.[NaH]. The van der Waals surface area contributed by atoms with Crippen LogP contribution in [-0.4, -0.2) is 51.2 Å². The number of aromatic nitrogens is 3. The van der Waals surface area contributed by atoms with E-state index in [0.29, 0.717) is 11.7 Å². The van der Waals surface area contributed by atoms with Crippen LogP contribution in [0.15, 0.2) is 24.3 Å². The predicted molar refractivity (Wildman–Crippen MR) is 111 cm³/mol. The van der Waals surface area contributed by atoms with Gasteiger partial charge in [-0.15, -0.1) is 0 Å². The number of hydrogen-bond acceptors (Lipinski definition) is 4. The van der Waals surface area contributed by atoms with Gasteiger partial charge in [0.1, 0.15) is 17.4 Å². The van der Waals surface area contributed by atoms with Crippen LogP contribution in [0.2, 0.25) is 0 Å². The van der Waals surface area contributed by atoms with E-state index in [-0.39, 0.29) is 35.7 Å². The molecule has 2 heterocycles. The summed E-state index contributed by atoms with van der Waals surface area (Å²) in [5.74, 6) is 1.94. The fourth-order valence-electron chi connectivity index (χ4n) is 3.41. The van der Waals surface area contributed by atoms with Crippen molar-refractivity contribution in [2.75, 3.05) is 12.8 Å². The number of nitrogens with zero attached hydrogens (tertiary/aromatic N) is 3. The molecule has 0 saturated heterocycles. The van der Waals surface area contributed by atoms with Crippen LogP contribution in [0.1, 0.15) is 52.0 Å². The van der Waals surface area contributed by atoms with E-state index in [1.54, 1.807) is 7.11 Å². The summed E-state index contributed by atoms with van der Waals surface area (Å²) >= 11 is 0. The molecule has 5 nitrogen and oxygen atoms in total. The standard InChI is InChI=1S/C20H28N4O.Na.H/c1-5-6-11-16(25-4)20-23-17-18(24(20)12-13(2)3)14-9-7-8-10-15(14)22-19(17)21;;/h7-10,13,16H,5-6,11-12H2,1-4H3,(H2,21,22);;. The summed E-state index contributed by atoms with van der Waals surface area (Å²) in [6.07, 6.45) is 3.18. The van der Waals surface area contributed by atoms with E-state index < -0.39 is 0 Å². The van der Waals surface area contributed by atoms with E-state index in [1.807, 2.05) is 18.2 Å². The molecule has 3 rings (SSSR count). The molecule has 0 aliphatic rings. The van der Waals surface area contributed by atoms with Gasteiger partial charge in [-0.2, -0.15) is 0 Å². The van der Waals surface area contributed by atoms with Crippen molar-refractivity contribution >= 4 is 57.3 Å². The molecule has 2 N–H and O–H groups in total. The summed E-state index contributed by atoms with van der Waals surface area (Å²) in [4.78, 5) is 9.44. The molecule has 0 saturated carbocycles. The minimum atomic E-state index is -0.0238. The summed E-state index contributed by atoms with van der Waals surface area (Å²) in [5, 5.41) is 1.09. The van der Waals surface area contributed by atoms with Gasteiger partial charge in [-0.3, -0.25) is 0 Å². The molecule has 26 heavy (non-hydrogen) atoms. The number of nitrogens with two attached hydrogens (primary N) is 1. The van der Waals surface area contributed by atoms with E-state index in [1.165, 1.54) is 0 Å². The van der Waals surface area contributed by atoms with Gasteiger partial charge in [0, 0.05) is 19.0 Å². The third-order valence-corrected chi connectivity index (χ3v) is 4.58. The Bertz CT molecular complexity index is 875. The second-order valence-corrected chi connectivity index (χ2v) is 7.05. The van der Waals surface area contributed by atoms with Gasteiger partial charge in [-0.05, 0) is 18.4 Å². The Kier molecular flexibility index (Phi) is 7.47.